The van der Waals surface area contributed by atoms with Crippen molar-refractivity contribution in [3.8, 4) is 5.88 Å². The molecule has 0 saturated carbocycles. The number of hydrogen-bond donors (Lipinski definition) is 0. The van der Waals surface area contributed by atoms with Gasteiger partial charge in [0.25, 0.3) is 0 Å². The minimum atomic E-state index is 0.441. The molecular weight excluding hydrogens is 238 g/mol. The van der Waals surface area contributed by atoms with Crippen molar-refractivity contribution in [2.24, 2.45) is 5.92 Å². The molecule has 3 nitrogen and oxygen atoms in total. The molecule has 2 rings (SSSR count). The Bertz CT molecular complexity index is 566. The second kappa shape index (κ2) is 6.32. The number of pyridine rings is 1. The van der Waals surface area contributed by atoms with Gasteiger partial charge in [0, 0.05) is 5.39 Å². The normalized spacial score (nSPS) is 12.3. The fraction of sp³-hybridized carbons (Fsp3) is 0.375. The summed E-state index contributed by atoms with van der Waals surface area (Å²) in [5, 5.41) is 0.957. The van der Waals surface area contributed by atoms with E-state index < -0.39 is 0 Å². The predicted octanol–water partition coefficient (Wildman–Crippen LogP) is 3.86. The lowest BCUT2D eigenvalue weighted by molar-refractivity contribution is 0.111. The molecule has 1 atom stereocenters. The molecule has 19 heavy (non-hydrogen) atoms. The van der Waals surface area contributed by atoms with Crippen LogP contribution in [0.5, 0.6) is 5.88 Å². The summed E-state index contributed by atoms with van der Waals surface area (Å²) < 4.78 is 5.71. The summed E-state index contributed by atoms with van der Waals surface area (Å²) in [6.07, 6.45) is 3.06. The minimum Gasteiger partial charge on any atom is -0.477 e. The van der Waals surface area contributed by atoms with Crippen LogP contribution in [0.4, 0.5) is 0 Å². The van der Waals surface area contributed by atoms with E-state index in [-0.39, 0.29) is 0 Å². The quantitative estimate of drug-likeness (QED) is 0.737. The monoisotopic (exact) mass is 257 g/mol. The van der Waals surface area contributed by atoms with Crippen LogP contribution in [-0.4, -0.2) is 17.9 Å². The van der Waals surface area contributed by atoms with Gasteiger partial charge in [-0.05, 0) is 24.5 Å². The van der Waals surface area contributed by atoms with Gasteiger partial charge in [0.2, 0.25) is 5.88 Å². The highest BCUT2D eigenvalue weighted by Gasteiger charge is 2.09. The number of aldehydes is 1. The first-order valence-corrected chi connectivity index (χ1v) is 6.72. The lowest BCUT2D eigenvalue weighted by atomic mass is 10.1. The molecule has 0 aliphatic rings. The number of fused-ring (bicyclic) bond motifs is 1. The standard InChI is InChI=1S/C16H19NO2/c1-3-6-12(2)11-19-16-14(10-18)9-13-7-4-5-8-15(13)17-16/h4-5,7-10,12H,3,6,11H2,1-2H3. The van der Waals surface area contributed by atoms with Crippen LogP contribution >= 0.6 is 0 Å². The van der Waals surface area contributed by atoms with Gasteiger partial charge in [-0.3, -0.25) is 4.79 Å². The van der Waals surface area contributed by atoms with E-state index in [1.54, 1.807) is 0 Å². The topological polar surface area (TPSA) is 39.2 Å². The maximum Gasteiger partial charge on any atom is 0.224 e. The van der Waals surface area contributed by atoms with E-state index in [9.17, 15) is 4.79 Å². The zero-order valence-corrected chi connectivity index (χ0v) is 11.4. The summed E-state index contributed by atoms with van der Waals surface area (Å²) in [7, 11) is 0. The van der Waals surface area contributed by atoms with E-state index in [2.05, 4.69) is 18.8 Å². The Balaban J connectivity index is 2.23. The maximum absolute atomic E-state index is 11.1. The maximum atomic E-state index is 11.1. The number of benzene rings is 1. The van der Waals surface area contributed by atoms with Crippen molar-refractivity contribution in [2.75, 3.05) is 6.61 Å². The average Bonchev–Trinajstić information content (AvgIpc) is 2.44. The van der Waals surface area contributed by atoms with Gasteiger partial charge in [0.05, 0.1) is 17.7 Å². The van der Waals surface area contributed by atoms with Crippen molar-refractivity contribution in [1.82, 2.24) is 4.98 Å². The third kappa shape index (κ3) is 3.31. The van der Waals surface area contributed by atoms with Crippen molar-refractivity contribution < 1.29 is 9.53 Å². The Morgan fingerprint density at radius 2 is 2.16 bits per heavy atom. The summed E-state index contributed by atoms with van der Waals surface area (Å²) in [4.78, 5) is 15.5. The molecule has 0 saturated heterocycles. The first-order chi connectivity index (χ1) is 9.24. The summed E-state index contributed by atoms with van der Waals surface area (Å²) in [6, 6.07) is 9.56. The Kier molecular flexibility index (Phi) is 4.50. The predicted molar refractivity (Wildman–Crippen MR) is 76.7 cm³/mol. The highest BCUT2D eigenvalue weighted by molar-refractivity contribution is 5.88. The number of aromatic nitrogens is 1. The Morgan fingerprint density at radius 1 is 1.37 bits per heavy atom. The van der Waals surface area contributed by atoms with E-state index in [0.29, 0.717) is 24.0 Å². The van der Waals surface area contributed by atoms with Gasteiger partial charge in [-0.2, -0.15) is 0 Å². The first kappa shape index (κ1) is 13.5. The number of carbonyl (C=O) groups is 1. The van der Waals surface area contributed by atoms with Crippen LogP contribution in [0.25, 0.3) is 10.9 Å². The molecular formula is C16H19NO2. The fourth-order valence-electron chi connectivity index (χ4n) is 2.11. The number of ether oxygens (including phenoxy) is 1. The molecule has 0 aliphatic carbocycles. The molecule has 3 heteroatoms. The molecule has 1 aromatic heterocycles. The summed E-state index contributed by atoms with van der Waals surface area (Å²) in [5.74, 6) is 0.912. The second-order valence-corrected chi connectivity index (χ2v) is 4.90. The Hall–Kier alpha value is -1.90. The molecule has 0 radical (unpaired) electrons. The minimum absolute atomic E-state index is 0.441. The molecule has 2 aromatic rings. The second-order valence-electron chi connectivity index (χ2n) is 4.90. The van der Waals surface area contributed by atoms with Crippen LogP contribution in [0, 0.1) is 5.92 Å². The van der Waals surface area contributed by atoms with Crippen molar-refractivity contribution in [3.63, 3.8) is 0 Å². The van der Waals surface area contributed by atoms with Crippen LogP contribution in [0.3, 0.4) is 0 Å². The van der Waals surface area contributed by atoms with Crippen molar-refractivity contribution >= 4 is 17.2 Å². The van der Waals surface area contributed by atoms with Crippen LogP contribution in [0.15, 0.2) is 30.3 Å². The average molecular weight is 257 g/mol. The van der Waals surface area contributed by atoms with Gasteiger partial charge in [-0.25, -0.2) is 4.98 Å². The molecule has 1 heterocycles. The third-order valence-electron chi connectivity index (χ3n) is 3.13. The zero-order valence-electron chi connectivity index (χ0n) is 11.4. The SMILES string of the molecule is CCCC(C)COc1nc2ccccc2cc1C=O. The van der Waals surface area contributed by atoms with Crippen molar-refractivity contribution in [3.05, 3.63) is 35.9 Å². The van der Waals surface area contributed by atoms with Gasteiger partial charge in [-0.15, -0.1) is 0 Å². The molecule has 0 bridgehead atoms. The molecule has 1 aromatic carbocycles. The molecule has 0 amide bonds. The van der Waals surface area contributed by atoms with Crippen molar-refractivity contribution in [1.29, 1.82) is 0 Å². The zero-order chi connectivity index (χ0) is 13.7. The van der Waals surface area contributed by atoms with Gasteiger partial charge in [-0.1, -0.05) is 38.5 Å². The summed E-state index contributed by atoms with van der Waals surface area (Å²) in [5.41, 5.74) is 1.37. The van der Waals surface area contributed by atoms with Crippen LogP contribution in [-0.2, 0) is 0 Å². The summed E-state index contributed by atoms with van der Waals surface area (Å²) >= 11 is 0. The van der Waals surface area contributed by atoms with E-state index in [1.165, 1.54) is 0 Å². The molecule has 1 unspecified atom stereocenters. The molecule has 0 aliphatic heterocycles. The smallest absolute Gasteiger partial charge is 0.224 e. The van der Waals surface area contributed by atoms with E-state index in [0.717, 1.165) is 30.0 Å². The highest BCUT2D eigenvalue weighted by Crippen LogP contribution is 2.21. The van der Waals surface area contributed by atoms with E-state index in [1.807, 2.05) is 30.3 Å². The summed E-state index contributed by atoms with van der Waals surface area (Å²) in [6.45, 7) is 4.90. The molecule has 0 spiro atoms. The van der Waals surface area contributed by atoms with Crippen molar-refractivity contribution in [2.45, 2.75) is 26.7 Å². The number of rotatable bonds is 6. The van der Waals surface area contributed by atoms with E-state index >= 15 is 0 Å². The van der Waals surface area contributed by atoms with Gasteiger partial charge >= 0.3 is 0 Å². The first-order valence-electron chi connectivity index (χ1n) is 6.72. The fourth-order valence-corrected chi connectivity index (χ4v) is 2.11. The number of nitrogens with zero attached hydrogens (tertiary/aromatic N) is 1. The highest BCUT2D eigenvalue weighted by atomic mass is 16.5. The van der Waals surface area contributed by atoms with Crippen LogP contribution in [0.2, 0.25) is 0 Å². The van der Waals surface area contributed by atoms with Crippen LogP contribution in [0.1, 0.15) is 37.0 Å². The van der Waals surface area contributed by atoms with Gasteiger partial charge in [0.1, 0.15) is 0 Å². The Morgan fingerprint density at radius 3 is 2.89 bits per heavy atom. The molecule has 0 N–H and O–H groups in total. The van der Waals surface area contributed by atoms with E-state index in [4.69, 9.17) is 4.74 Å². The van der Waals surface area contributed by atoms with Gasteiger partial charge < -0.3 is 4.74 Å². The number of carbonyl (C=O) groups excluding carboxylic acids is 1. The third-order valence-corrected chi connectivity index (χ3v) is 3.13. The van der Waals surface area contributed by atoms with Crippen LogP contribution < -0.4 is 4.74 Å². The lowest BCUT2D eigenvalue weighted by Gasteiger charge is -2.13. The number of hydrogen-bond acceptors (Lipinski definition) is 3. The largest absolute Gasteiger partial charge is 0.477 e. The molecule has 100 valence electrons. The van der Waals surface area contributed by atoms with Gasteiger partial charge in [0.15, 0.2) is 6.29 Å². The lowest BCUT2D eigenvalue weighted by Crippen LogP contribution is -2.10. The Labute approximate surface area is 113 Å². The molecule has 0 fully saturated rings. The number of para-hydroxylation sites is 1.